The van der Waals surface area contributed by atoms with Crippen molar-refractivity contribution in [2.75, 3.05) is 9.80 Å². The predicted octanol–water partition coefficient (Wildman–Crippen LogP) is 16.3. The molecule has 0 aliphatic heterocycles. The quantitative estimate of drug-likeness (QED) is 0.151. The van der Waals surface area contributed by atoms with E-state index in [1.165, 1.54) is 66.8 Å². The molecule has 2 aliphatic rings. The second-order valence-electron chi connectivity index (χ2n) is 16.5. The summed E-state index contributed by atoms with van der Waals surface area (Å²) in [5.74, 6) is 0. The van der Waals surface area contributed by atoms with Gasteiger partial charge in [0, 0.05) is 34.1 Å². The summed E-state index contributed by atoms with van der Waals surface area (Å²) in [7, 11) is 0. The molecule has 0 heterocycles. The number of benzene rings is 10. The molecule has 0 amide bonds. The molecule has 0 saturated carbocycles. The molecule has 10 aromatic rings. The predicted molar refractivity (Wildman–Crippen MR) is 263 cm³/mol. The van der Waals surface area contributed by atoms with Gasteiger partial charge in [-0.05, 0) is 152 Å². The minimum Gasteiger partial charge on any atom is -0.311 e. The zero-order valence-corrected chi connectivity index (χ0v) is 34.6. The average molecular weight is 803 g/mol. The highest BCUT2D eigenvalue weighted by Crippen LogP contribution is 2.63. The summed E-state index contributed by atoms with van der Waals surface area (Å²) in [5.41, 5.74) is 21.7. The lowest BCUT2D eigenvalue weighted by Gasteiger charge is -2.31. The average Bonchev–Trinajstić information content (AvgIpc) is 3.83. The molecule has 0 radical (unpaired) electrons. The Labute approximate surface area is 369 Å². The minimum absolute atomic E-state index is 0.445. The van der Waals surface area contributed by atoms with Gasteiger partial charge >= 0.3 is 0 Å². The van der Waals surface area contributed by atoms with Gasteiger partial charge in [-0.3, -0.25) is 0 Å². The molecule has 2 heteroatoms. The number of anilines is 6. The molecule has 1 spiro atoms. The summed E-state index contributed by atoms with van der Waals surface area (Å²) in [5, 5.41) is 0. The fourth-order valence-corrected chi connectivity index (χ4v) is 10.3. The third kappa shape index (κ3) is 5.95. The number of rotatable bonds is 8. The summed E-state index contributed by atoms with van der Waals surface area (Å²) in [6, 6.07) is 93.0. The highest BCUT2D eigenvalue weighted by atomic mass is 15.1. The Kier molecular flexibility index (Phi) is 8.76. The first kappa shape index (κ1) is 36.6. The van der Waals surface area contributed by atoms with Crippen LogP contribution in [0.25, 0.3) is 44.5 Å². The van der Waals surface area contributed by atoms with E-state index in [1.807, 2.05) is 0 Å². The van der Waals surface area contributed by atoms with Crippen molar-refractivity contribution in [1.29, 1.82) is 0 Å². The Hall–Kier alpha value is -8.20. The molecule has 2 aliphatic carbocycles. The van der Waals surface area contributed by atoms with E-state index in [1.54, 1.807) is 0 Å². The number of hydrogen-bond donors (Lipinski definition) is 0. The molecule has 0 fully saturated rings. The molecular weight excluding hydrogens is 761 g/mol. The molecule has 0 N–H and O–H groups in total. The Balaban J connectivity index is 0.976. The van der Waals surface area contributed by atoms with Gasteiger partial charge in [-0.2, -0.15) is 0 Å². The van der Waals surface area contributed by atoms with E-state index in [4.69, 9.17) is 0 Å². The molecule has 63 heavy (non-hydrogen) atoms. The minimum atomic E-state index is -0.445. The van der Waals surface area contributed by atoms with Gasteiger partial charge in [-0.25, -0.2) is 0 Å². The van der Waals surface area contributed by atoms with Crippen molar-refractivity contribution in [3.05, 3.63) is 277 Å². The highest BCUT2D eigenvalue weighted by Gasteiger charge is 2.51. The van der Waals surface area contributed by atoms with Crippen LogP contribution in [0.5, 0.6) is 0 Å². The Morgan fingerprint density at radius 2 is 0.524 bits per heavy atom. The molecule has 10 aromatic carbocycles. The van der Waals surface area contributed by atoms with Crippen LogP contribution in [-0.2, 0) is 5.41 Å². The first-order valence-corrected chi connectivity index (χ1v) is 21.8. The zero-order chi connectivity index (χ0) is 41.7. The monoisotopic (exact) mass is 802 g/mol. The lowest BCUT2D eigenvalue weighted by molar-refractivity contribution is 0.794. The van der Waals surface area contributed by atoms with Crippen LogP contribution >= 0.6 is 0 Å². The SMILES string of the molecule is c1ccc(N(c2ccccc2)c2ccc(-c3ccc4c(c3)-c3ccc(-c5ccc(N(c6ccccc6)c6ccccc6)cc5)cc3C43c4ccccc4-c4ccccc43)cc2)cc1. The van der Waals surface area contributed by atoms with Gasteiger partial charge in [-0.1, -0.05) is 170 Å². The van der Waals surface area contributed by atoms with Gasteiger partial charge in [0.15, 0.2) is 0 Å². The van der Waals surface area contributed by atoms with E-state index in [9.17, 15) is 0 Å². The van der Waals surface area contributed by atoms with Crippen molar-refractivity contribution in [2.45, 2.75) is 5.41 Å². The van der Waals surface area contributed by atoms with Crippen LogP contribution in [0.15, 0.2) is 255 Å². The number of nitrogens with zero attached hydrogens (tertiary/aromatic N) is 2. The second kappa shape index (κ2) is 15.1. The van der Waals surface area contributed by atoms with Crippen LogP contribution in [-0.4, -0.2) is 0 Å². The topological polar surface area (TPSA) is 6.48 Å². The number of para-hydroxylation sites is 4. The number of fused-ring (bicyclic) bond motifs is 10. The fourth-order valence-electron chi connectivity index (χ4n) is 10.3. The lowest BCUT2D eigenvalue weighted by atomic mass is 9.70. The standard InChI is InChI=1S/C61H42N2/c1-5-17-47(18-6-1)62(48-19-7-2-8-20-48)51-35-29-43(30-36-51)45-34-40-59-56(41-45)55-39-33-46(42-60(55)61(59)57-27-15-13-25-53(57)54-26-14-16-28-58(54)61)44-31-37-52(38-32-44)63(49-21-9-3-10-22-49)50-23-11-4-12-24-50/h1-42H. The third-order valence-electron chi connectivity index (χ3n) is 13.1. The summed E-state index contributed by atoms with van der Waals surface area (Å²) in [6.45, 7) is 0. The van der Waals surface area contributed by atoms with Crippen molar-refractivity contribution < 1.29 is 0 Å². The first-order chi connectivity index (χ1) is 31.3. The molecule has 0 aromatic heterocycles. The van der Waals surface area contributed by atoms with E-state index >= 15 is 0 Å². The molecular formula is C61H42N2. The number of hydrogen-bond acceptors (Lipinski definition) is 2. The zero-order valence-electron chi connectivity index (χ0n) is 34.6. The van der Waals surface area contributed by atoms with Crippen molar-refractivity contribution in [3.63, 3.8) is 0 Å². The van der Waals surface area contributed by atoms with E-state index in [0.29, 0.717) is 0 Å². The molecule has 2 nitrogen and oxygen atoms in total. The van der Waals surface area contributed by atoms with Crippen LogP contribution in [0.4, 0.5) is 34.1 Å². The largest absolute Gasteiger partial charge is 0.311 e. The second-order valence-corrected chi connectivity index (χ2v) is 16.5. The maximum Gasteiger partial charge on any atom is 0.0725 e. The van der Waals surface area contributed by atoms with Crippen molar-refractivity contribution in [3.8, 4) is 44.5 Å². The van der Waals surface area contributed by atoms with Crippen molar-refractivity contribution in [1.82, 2.24) is 0 Å². The summed E-state index contributed by atoms with van der Waals surface area (Å²) >= 11 is 0. The molecule has 0 unspecified atom stereocenters. The summed E-state index contributed by atoms with van der Waals surface area (Å²) < 4.78 is 0. The Morgan fingerprint density at radius 1 is 0.206 bits per heavy atom. The molecule has 0 bridgehead atoms. The molecule has 0 atom stereocenters. The molecule has 12 rings (SSSR count). The van der Waals surface area contributed by atoms with Gasteiger partial charge in [0.2, 0.25) is 0 Å². The fraction of sp³-hybridized carbons (Fsp3) is 0.0164. The van der Waals surface area contributed by atoms with Gasteiger partial charge in [-0.15, -0.1) is 0 Å². The van der Waals surface area contributed by atoms with Crippen LogP contribution in [0.1, 0.15) is 22.3 Å². The van der Waals surface area contributed by atoms with E-state index in [-0.39, 0.29) is 0 Å². The van der Waals surface area contributed by atoms with Crippen molar-refractivity contribution >= 4 is 34.1 Å². The van der Waals surface area contributed by atoms with Crippen LogP contribution in [0, 0.1) is 0 Å². The van der Waals surface area contributed by atoms with E-state index < -0.39 is 5.41 Å². The molecule has 0 saturated heterocycles. The van der Waals surface area contributed by atoms with Gasteiger partial charge < -0.3 is 9.80 Å². The Bertz CT molecular complexity index is 3130. The van der Waals surface area contributed by atoms with Gasteiger partial charge in [0.25, 0.3) is 0 Å². The van der Waals surface area contributed by atoms with Crippen LogP contribution in [0.2, 0.25) is 0 Å². The van der Waals surface area contributed by atoms with Crippen LogP contribution in [0.3, 0.4) is 0 Å². The van der Waals surface area contributed by atoms with E-state index in [2.05, 4.69) is 265 Å². The van der Waals surface area contributed by atoms with Crippen LogP contribution < -0.4 is 9.80 Å². The summed E-state index contributed by atoms with van der Waals surface area (Å²) in [4.78, 5) is 4.63. The maximum absolute atomic E-state index is 2.48. The lowest BCUT2D eigenvalue weighted by Crippen LogP contribution is -2.25. The highest BCUT2D eigenvalue weighted by molar-refractivity contribution is 5.97. The van der Waals surface area contributed by atoms with Gasteiger partial charge in [0.1, 0.15) is 0 Å². The third-order valence-corrected chi connectivity index (χ3v) is 13.1. The Morgan fingerprint density at radius 3 is 0.968 bits per heavy atom. The summed E-state index contributed by atoms with van der Waals surface area (Å²) in [6.07, 6.45) is 0. The maximum atomic E-state index is 2.48. The normalized spacial score (nSPS) is 12.6. The molecule has 296 valence electrons. The smallest absolute Gasteiger partial charge is 0.0725 e. The van der Waals surface area contributed by atoms with Gasteiger partial charge in [0.05, 0.1) is 5.41 Å². The van der Waals surface area contributed by atoms with Crippen molar-refractivity contribution in [2.24, 2.45) is 0 Å². The first-order valence-electron chi connectivity index (χ1n) is 21.8. The van der Waals surface area contributed by atoms with E-state index in [0.717, 1.165) is 34.1 Å².